The molecule has 1 aromatic carbocycles. The van der Waals surface area contributed by atoms with Crippen molar-refractivity contribution >= 4 is 21.9 Å². The van der Waals surface area contributed by atoms with Crippen LogP contribution in [-0.4, -0.2) is 46.5 Å². The van der Waals surface area contributed by atoms with E-state index in [-0.39, 0.29) is 13.0 Å². The van der Waals surface area contributed by atoms with Gasteiger partial charge in [0.1, 0.15) is 18.1 Å². The van der Waals surface area contributed by atoms with Crippen molar-refractivity contribution in [3.63, 3.8) is 0 Å². The lowest BCUT2D eigenvalue weighted by atomic mass is 9.89. The Balaban J connectivity index is 2.12. The molecule has 134 valence electrons. The summed E-state index contributed by atoms with van der Waals surface area (Å²) in [5.41, 5.74) is 4.05. The Kier molecular flexibility index (Phi) is 6.35. The highest BCUT2D eigenvalue weighted by molar-refractivity contribution is 9.10. The molecule has 0 spiro atoms. The zero-order valence-corrected chi connectivity index (χ0v) is 15.1. The van der Waals surface area contributed by atoms with Gasteiger partial charge in [-0.3, -0.25) is 4.98 Å². The van der Waals surface area contributed by atoms with Gasteiger partial charge in [0.2, 0.25) is 0 Å². The molecule has 2 atom stereocenters. The number of ether oxygens (including phenoxy) is 2. The van der Waals surface area contributed by atoms with Crippen molar-refractivity contribution in [2.24, 2.45) is 5.73 Å². The number of rotatable bonds is 8. The van der Waals surface area contributed by atoms with Gasteiger partial charge >= 0.3 is 5.97 Å². The first kappa shape index (κ1) is 19.2. The van der Waals surface area contributed by atoms with Crippen LogP contribution in [-0.2, 0) is 11.2 Å². The van der Waals surface area contributed by atoms with E-state index < -0.39 is 17.6 Å². The van der Waals surface area contributed by atoms with Gasteiger partial charge in [-0.15, -0.1) is 0 Å². The number of carboxylic acid groups (broad SMARTS) is 1. The third kappa shape index (κ3) is 4.91. The largest absolute Gasteiger partial charge is 0.497 e. The lowest BCUT2D eigenvalue weighted by Gasteiger charge is -2.29. The summed E-state index contributed by atoms with van der Waals surface area (Å²) in [6.07, 6.45) is 1.20. The Morgan fingerprint density at radius 2 is 2.12 bits per heavy atom. The lowest BCUT2D eigenvalue weighted by Crippen LogP contribution is -2.58. The van der Waals surface area contributed by atoms with E-state index in [0.29, 0.717) is 17.2 Å². The predicted octanol–water partition coefficient (Wildman–Crippen LogP) is 1.62. The number of pyridine rings is 1. The first-order chi connectivity index (χ1) is 11.8. The van der Waals surface area contributed by atoms with Crippen molar-refractivity contribution in [3.8, 4) is 11.5 Å². The van der Waals surface area contributed by atoms with Crippen molar-refractivity contribution in [3.05, 3.63) is 52.8 Å². The molecule has 2 aromatic rings. The summed E-state index contributed by atoms with van der Waals surface area (Å²) in [6.45, 7) is -0.177. The number of benzene rings is 1. The van der Waals surface area contributed by atoms with E-state index in [2.05, 4.69) is 20.9 Å². The molecule has 0 fully saturated rings. The SMILES string of the molecule is COc1ccnc(C[C@](O)(C(=O)O)[C@@H](N)COc2cccc(Br)c2)c1. The van der Waals surface area contributed by atoms with Crippen LogP contribution < -0.4 is 15.2 Å². The summed E-state index contributed by atoms with van der Waals surface area (Å²) in [7, 11) is 1.49. The van der Waals surface area contributed by atoms with Gasteiger partial charge in [-0.25, -0.2) is 4.79 Å². The molecule has 0 aliphatic rings. The standard InChI is InChI=1S/C17H19BrN2O5/c1-24-13-5-6-20-12(8-13)9-17(23,16(21)22)15(19)10-25-14-4-2-3-11(18)7-14/h2-8,15,23H,9-10,19H2,1H3,(H,21,22)/t15-,17+/m0/s1. The van der Waals surface area contributed by atoms with Gasteiger partial charge in [0.25, 0.3) is 0 Å². The zero-order chi connectivity index (χ0) is 18.4. The van der Waals surface area contributed by atoms with E-state index >= 15 is 0 Å². The van der Waals surface area contributed by atoms with E-state index in [1.54, 1.807) is 30.3 Å². The van der Waals surface area contributed by atoms with Crippen LogP contribution in [0, 0.1) is 0 Å². The van der Waals surface area contributed by atoms with Crippen LogP contribution in [0.5, 0.6) is 11.5 Å². The van der Waals surface area contributed by atoms with Gasteiger partial charge in [-0.2, -0.15) is 0 Å². The Hall–Kier alpha value is -2.16. The van der Waals surface area contributed by atoms with Crippen LogP contribution in [0.1, 0.15) is 5.69 Å². The number of carbonyl (C=O) groups is 1. The van der Waals surface area contributed by atoms with E-state index in [1.807, 2.05) is 6.07 Å². The highest BCUT2D eigenvalue weighted by Crippen LogP contribution is 2.22. The van der Waals surface area contributed by atoms with Gasteiger partial charge in [-0.05, 0) is 24.3 Å². The maximum atomic E-state index is 11.6. The maximum Gasteiger partial charge on any atom is 0.337 e. The molecular weight excluding hydrogens is 392 g/mol. The summed E-state index contributed by atoms with van der Waals surface area (Å²) >= 11 is 3.31. The summed E-state index contributed by atoms with van der Waals surface area (Å²) in [6, 6.07) is 9.03. The van der Waals surface area contributed by atoms with Crippen molar-refractivity contribution < 1.29 is 24.5 Å². The average molecular weight is 411 g/mol. The quantitative estimate of drug-likeness (QED) is 0.605. The minimum Gasteiger partial charge on any atom is -0.497 e. The highest BCUT2D eigenvalue weighted by Gasteiger charge is 2.43. The lowest BCUT2D eigenvalue weighted by molar-refractivity contribution is -0.161. The van der Waals surface area contributed by atoms with Crippen LogP contribution in [0.4, 0.5) is 0 Å². The molecule has 7 nitrogen and oxygen atoms in total. The van der Waals surface area contributed by atoms with Crippen LogP contribution in [0.3, 0.4) is 0 Å². The summed E-state index contributed by atoms with van der Waals surface area (Å²) in [5, 5.41) is 20.1. The Morgan fingerprint density at radius 3 is 2.76 bits per heavy atom. The molecular formula is C17H19BrN2O5. The topological polar surface area (TPSA) is 115 Å². The maximum absolute atomic E-state index is 11.6. The predicted molar refractivity (Wildman–Crippen MR) is 94.7 cm³/mol. The van der Waals surface area contributed by atoms with Gasteiger partial charge in [0, 0.05) is 28.9 Å². The molecule has 4 N–H and O–H groups in total. The fraction of sp³-hybridized carbons (Fsp3) is 0.294. The van der Waals surface area contributed by atoms with Gasteiger partial charge in [0.05, 0.1) is 13.2 Å². The Morgan fingerprint density at radius 1 is 1.36 bits per heavy atom. The molecule has 25 heavy (non-hydrogen) atoms. The third-order valence-corrected chi connectivity index (χ3v) is 4.18. The second kappa shape index (κ2) is 8.28. The van der Waals surface area contributed by atoms with Crippen LogP contribution in [0.15, 0.2) is 47.1 Å². The second-order valence-electron chi connectivity index (χ2n) is 5.47. The fourth-order valence-electron chi connectivity index (χ4n) is 2.20. The number of nitrogens with two attached hydrogens (primary N) is 1. The molecule has 1 aromatic heterocycles. The average Bonchev–Trinajstić information content (AvgIpc) is 2.59. The summed E-state index contributed by atoms with van der Waals surface area (Å²) in [5.74, 6) is -0.420. The molecule has 0 saturated carbocycles. The van der Waals surface area contributed by atoms with E-state index in [9.17, 15) is 15.0 Å². The van der Waals surface area contributed by atoms with Crippen molar-refractivity contribution in [1.82, 2.24) is 4.98 Å². The zero-order valence-electron chi connectivity index (χ0n) is 13.6. The second-order valence-corrected chi connectivity index (χ2v) is 6.38. The molecule has 0 unspecified atom stereocenters. The number of carboxylic acids is 1. The Labute approximate surface area is 153 Å². The van der Waals surface area contributed by atoms with Gasteiger partial charge in [0.15, 0.2) is 5.60 Å². The molecule has 8 heteroatoms. The van der Waals surface area contributed by atoms with Crippen LogP contribution in [0.25, 0.3) is 0 Å². The first-order valence-corrected chi connectivity index (χ1v) is 8.23. The summed E-state index contributed by atoms with van der Waals surface area (Å²) < 4.78 is 11.4. The highest BCUT2D eigenvalue weighted by atomic mass is 79.9. The first-order valence-electron chi connectivity index (χ1n) is 7.44. The van der Waals surface area contributed by atoms with Gasteiger partial charge < -0.3 is 25.4 Å². The number of hydrogen-bond donors (Lipinski definition) is 3. The number of aromatic nitrogens is 1. The summed E-state index contributed by atoms with van der Waals surface area (Å²) in [4.78, 5) is 15.7. The Bertz CT molecular complexity index is 742. The third-order valence-electron chi connectivity index (χ3n) is 3.68. The molecule has 0 aliphatic heterocycles. The molecule has 0 amide bonds. The molecule has 0 aliphatic carbocycles. The molecule has 0 saturated heterocycles. The van der Waals surface area contributed by atoms with Crippen molar-refractivity contribution in [2.45, 2.75) is 18.1 Å². The minimum absolute atomic E-state index is 0.177. The van der Waals surface area contributed by atoms with Crippen LogP contribution >= 0.6 is 15.9 Å². The van der Waals surface area contributed by atoms with Crippen molar-refractivity contribution in [1.29, 1.82) is 0 Å². The van der Waals surface area contributed by atoms with E-state index in [1.165, 1.54) is 13.3 Å². The number of halogens is 1. The monoisotopic (exact) mass is 410 g/mol. The number of hydrogen-bond acceptors (Lipinski definition) is 6. The molecule has 1 heterocycles. The normalized spacial score (nSPS) is 14.4. The number of methoxy groups -OCH3 is 1. The van der Waals surface area contributed by atoms with E-state index in [0.717, 1.165) is 4.47 Å². The fourth-order valence-corrected chi connectivity index (χ4v) is 2.58. The number of nitrogens with zero attached hydrogens (tertiary/aromatic N) is 1. The number of aliphatic hydroxyl groups is 1. The van der Waals surface area contributed by atoms with Crippen molar-refractivity contribution in [2.75, 3.05) is 13.7 Å². The molecule has 0 radical (unpaired) electrons. The van der Waals surface area contributed by atoms with Crippen LogP contribution in [0.2, 0.25) is 0 Å². The smallest absolute Gasteiger partial charge is 0.337 e. The number of aliphatic carboxylic acids is 1. The molecule has 0 bridgehead atoms. The van der Waals surface area contributed by atoms with Gasteiger partial charge in [-0.1, -0.05) is 22.0 Å². The molecule has 2 rings (SSSR count). The minimum atomic E-state index is -2.23. The van der Waals surface area contributed by atoms with E-state index in [4.69, 9.17) is 15.2 Å².